The molecule has 0 aromatic carbocycles. The molecular formula is C14H17BrN2O3. The molecule has 1 amide bonds. The van der Waals surface area contributed by atoms with Gasteiger partial charge in [0.05, 0.1) is 0 Å². The van der Waals surface area contributed by atoms with Crippen LogP contribution >= 0.6 is 15.9 Å². The molecule has 0 saturated heterocycles. The molecule has 5 nitrogen and oxygen atoms in total. The standard InChI is InChI=1S/C14H17BrN2O3/c15-11-8-10(6-7-16-11)13(18)17-12(14(19)20)9-4-2-1-3-5-9/h6-9,12H,1-5H2,(H,17,18)(H,19,20). The number of aliphatic carboxylic acids is 1. The van der Waals surface area contributed by atoms with E-state index in [1.807, 2.05) is 0 Å². The van der Waals surface area contributed by atoms with Crippen molar-refractivity contribution in [3.63, 3.8) is 0 Å². The highest BCUT2D eigenvalue weighted by molar-refractivity contribution is 9.10. The fourth-order valence-corrected chi connectivity index (χ4v) is 2.98. The summed E-state index contributed by atoms with van der Waals surface area (Å²) >= 11 is 3.19. The molecule has 1 aliphatic rings. The largest absolute Gasteiger partial charge is 0.480 e. The Morgan fingerprint density at radius 3 is 2.65 bits per heavy atom. The lowest BCUT2D eigenvalue weighted by Gasteiger charge is -2.28. The highest BCUT2D eigenvalue weighted by atomic mass is 79.9. The fraction of sp³-hybridized carbons (Fsp3) is 0.500. The number of nitrogens with one attached hydrogen (secondary N) is 1. The second-order valence-corrected chi connectivity index (χ2v) is 5.87. The van der Waals surface area contributed by atoms with Crippen molar-refractivity contribution in [3.05, 3.63) is 28.5 Å². The number of aromatic nitrogens is 1. The molecule has 1 unspecified atom stereocenters. The van der Waals surface area contributed by atoms with E-state index in [0.29, 0.717) is 10.2 Å². The molecule has 1 heterocycles. The van der Waals surface area contributed by atoms with Crippen LogP contribution in [0, 0.1) is 5.92 Å². The molecule has 0 radical (unpaired) electrons. The summed E-state index contributed by atoms with van der Waals surface area (Å²) in [6.45, 7) is 0. The minimum atomic E-state index is -0.960. The van der Waals surface area contributed by atoms with Crippen molar-refractivity contribution in [2.24, 2.45) is 5.92 Å². The Morgan fingerprint density at radius 1 is 1.35 bits per heavy atom. The summed E-state index contributed by atoms with van der Waals surface area (Å²) in [6, 6.07) is 2.34. The topological polar surface area (TPSA) is 79.3 Å². The number of carboxylic acid groups (broad SMARTS) is 1. The first-order chi connectivity index (χ1) is 9.58. The van der Waals surface area contributed by atoms with Gasteiger partial charge in [0.1, 0.15) is 10.6 Å². The number of rotatable bonds is 4. The highest BCUT2D eigenvalue weighted by Crippen LogP contribution is 2.26. The quantitative estimate of drug-likeness (QED) is 0.825. The Balaban J connectivity index is 2.07. The van der Waals surface area contributed by atoms with Gasteiger partial charge < -0.3 is 10.4 Å². The Bertz CT molecular complexity index is 501. The molecule has 1 fully saturated rings. The van der Waals surface area contributed by atoms with Gasteiger partial charge in [-0.25, -0.2) is 9.78 Å². The van der Waals surface area contributed by atoms with Gasteiger partial charge >= 0.3 is 5.97 Å². The van der Waals surface area contributed by atoms with E-state index < -0.39 is 12.0 Å². The number of carbonyl (C=O) groups excluding carboxylic acids is 1. The van der Waals surface area contributed by atoms with Gasteiger partial charge in [0.15, 0.2) is 0 Å². The summed E-state index contributed by atoms with van der Waals surface area (Å²) in [7, 11) is 0. The molecule has 0 bridgehead atoms. The van der Waals surface area contributed by atoms with E-state index in [2.05, 4.69) is 26.2 Å². The molecule has 1 atom stereocenters. The van der Waals surface area contributed by atoms with Crippen LogP contribution in [0.15, 0.2) is 22.9 Å². The van der Waals surface area contributed by atoms with Gasteiger partial charge in [-0.3, -0.25) is 4.79 Å². The Hall–Kier alpha value is -1.43. The Labute approximate surface area is 125 Å². The van der Waals surface area contributed by atoms with E-state index in [-0.39, 0.29) is 11.8 Å². The summed E-state index contributed by atoms with van der Waals surface area (Å²) in [5.41, 5.74) is 0.411. The van der Waals surface area contributed by atoms with Crippen LogP contribution in [0.5, 0.6) is 0 Å². The molecule has 20 heavy (non-hydrogen) atoms. The van der Waals surface area contributed by atoms with Gasteiger partial charge in [-0.05, 0) is 46.8 Å². The third-order valence-corrected chi connectivity index (χ3v) is 4.10. The number of pyridine rings is 1. The maximum atomic E-state index is 12.1. The molecule has 1 aromatic rings. The monoisotopic (exact) mass is 340 g/mol. The van der Waals surface area contributed by atoms with Crippen LogP contribution in [-0.4, -0.2) is 28.0 Å². The number of halogens is 1. The van der Waals surface area contributed by atoms with Crippen molar-refractivity contribution in [1.82, 2.24) is 10.3 Å². The zero-order valence-corrected chi connectivity index (χ0v) is 12.6. The van der Waals surface area contributed by atoms with Crippen LogP contribution in [0.1, 0.15) is 42.5 Å². The first-order valence-electron chi connectivity index (χ1n) is 6.73. The third-order valence-electron chi connectivity index (χ3n) is 3.66. The van der Waals surface area contributed by atoms with Crippen LogP contribution in [-0.2, 0) is 4.79 Å². The molecule has 6 heteroatoms. The minimum Gasteiger partial charge on any atom is -0.480 e. The van der Waals surface area contributed by atoms with E-state index in [4.69, 9.17) is 0 Å². The van der Waals surface area contributed by atoms with Crippen molar-refractivity contribution >= 4 is 27.8 Å². The summed E-state index contributed by atoms with van der Waals surface area (Å²) in [4.78, 5) is 27.5. The van der Waals surface area contributed by atoms with Gasteiger partial charge in [0.2, 0.25) is 0 Å². The molecule has 2 rings (SSSR count). The van der Waals surface area contributed by atoms with Crippen LogP contribution in [0.4, 0.5) is 0 Å². The van der Waals surface area contributed by atoms with Crippen LogP contribution < -0.4 is 5.32 Å². The van der Waals surface area contributed by atoms with Gasteiger partial charge in [0.25, 0.3) is 5.91 Å². The lowest BCUT2D eigenvalue weighted by Crippen LogP contribution is -2.46. The van der Waals surface area contributed by atoms with Gasteiger partial charge in [-0.1, -0.05) is 19.3 Å². The lowest BCUT2D eigenvalue weighted by molar-refractivity contribution is -0.141. The SMILES string of the molecule is O=C(NC(C(=O)O)C1CCCCC1)c1ccnc(Br)c1. The molecule has 2 N–H and O–H groups in total. The van der Waals surface area contributed by atoms with Crippen molar-refractivity contribution in [2.75, 3.05) is 0 Å². The average molecular weight is 341 g/mol. The van der Waals surface area contributed by atoms with E-state index in [9.17, 15) is 14.7 Å². The van der Waals surface area contributed by atoms with Crippen molar-refractivity contribution in [2.45, 2.75) is 38.1 Å². The maximum absolute atomic E-state index is 12.1. The van der Waals surface area contributed by atoms with Gasteiger partial charge in [-0.15, -0.1) is 0 Å². The fourth-order valence-electron chi connectivity index (χ4n) is 2.62. The zero-order valence-electron chi connectivity index (χ0n) is 11.0. The van der Waals surface area contributed by atoms with E-state index >= 15 is 0 Å². The molecule has 1 saturated carbocycles. The number of amides is 1. The van der Waals surface area contributed by atoms with E-state index in [1.54, 1.807) is 12.1 Å². The highest BCUT2D eigenvalue weighted by Gasteiger charge is 2.30. The number of hydrogen-bond acceptors (Lipinski definition) is 3. The number of carbonyl (C=O) groups is 2. The smallest absolute Gasteiger partial charge is 0.326 e. The summed E-state index contributed by atoms with van der Waals surface area (Å²) in [5.74, 6) is -1.31. The molecule has 0 aliphatic heterocycles. The normalized spacial score (nSPS) is 17.4. The first-order valence-corrected chi connectivity index (χ1v) is 7.52. The lowest BCUT2D eigenvalue weighted by atomic mass is 9.84. The van der Waals surface area contributed by atoms with Crippen LogP contribution in [0.3, 0.4) is 0 Å². The summed E-state index contributed by atoms with van der Waals surface area (Å²) < 4.78 is 0.551. The predicted octanol–water partition coefficient (Wildman–Crippen LogP) is 2.61. The molecule has 0 spiro atoms. The third kappa shape index (κ3) is 3.79. The number of hydrogen-bond donors (Lipinski definition) is 2. The van der Waals surface area contributed by atoms with E-state index in [0.717, 1.165) is 32.1 Å². The zero-order chi connectivity index (χ0) is 14.5. The van der Waals surface area contributed by atoms with Gasteiger partial charge in [-0.2, -0.15) is 0 Å². The number of nitrogens with zero attached hydrogens (tertiary/aromatic N) is 1. The van der Waals surface area contributed by atoms with Crippen molar-refractivity contribution < 1.29 is 14.7 Å². The maximum Gasteiger partial charge on any atom is 0.326 e. The minimum absolute atomic E-state index is 0.0236. The number of carboxylic acids is 1. The first kappa shape index (κ1) is 15.0. The molecule has 108 valence electrons. The van der Waals surface area contributed by atoms with Crippen LogP contribution in [0.2, 0.25) is 0 Å². The second-order valence-electron chi connectivity index (χ2n) is 5.05. The Morgan fingerprint density at radius 2 is 2.05 bits per heavy atom. The molecular weight excluding hydrogens is 324 g/mol. The predicted molar refractivity (Wildman–Crippen MR) is 77.4 cm³/mol. The Kier molecular flexibility index (Phi) is 5.11. The average Bonchev–Trinajstić information content (AvgIpc) is 2.45. The van der Waals surface area contributed by atoms with Crippen molar-refractivity contribution in [3.8, 4) is 0 Å². The van der Waals surface area contributed by atoms with Crippen LogP contribution in [0.25, 0.3) is 0 Å². The summed E-state index contributed by atoms with van der Waals surface area (Å²) in [5, 5.41) is 12.0. The van der Waals surface area contributed by atoms with Crippen molar-refractivity contribution in [1.29, 1.82) is 0 Å². The summed E-state index contributed by atoms with van der Waals surface area (Å²) in [6.07, 6.45) is 6.44. The molecule has 1 aliphatic carbocycles. The second kappa shape index (κ2) is 6.83. The molecule has 1 aromatic heterocycles. The van der Waals surface area contributed by atoms with Gasteiger partial charge in [0, 0.05) is 11.8 Å². The van der Waals surface area contributed by atoms with E-state index in [1.165, 1.54) is 6.20 Å².